The highest BCUT2D eigenvalue weighted by Gasteiger charge is 2.37. The van der Waals surface area contributed by atoms with Gasteiger partial charge >= 0.3 is 5.97 Å². The van der Waals surface area contributed by atoms with Crippen LogP contribution in [-0.4, -0.2) is 42.7 Å². The van der Waals surface area contributed by atoms with Crippen molar-refractivity contribution >= 4 is 5.97 Å². The Morgan fingerprint density at radius 2 is 1.26 bits per heavy atom. The van der Waals surface area contributed by atoms with Gasteiger partial charge in [-0.3, -0.25) is 0 Å². The lowest BCUT2D eigenvalue weighted by molar-refractivity contribution is -0.891. The molecule has 0 saturated carbocycles. The van der Waals surface area contributed by atoms with Crippen molar-refractivity contribution in [2.24, 2.45) is 5.92 Å². The number of carboxylic acids is 1. The van der Waals surface area contributed by atoms with Crippen molar-refractivity contribution in [3.63, 3.8) is 0 Å². The van der Waals surface area contributed by atoms with Gasteiger partial charge in [-0.15, -0.1) is 0 Å². The van der Waals surface area contributed by atoms with E-state index in [-0.39, 0.29) is 6.04 Å². The summed E-state index contributed by atoms with van der Waals surface area (Å²) in [5.74, 6) is -0.349. The van der Waals surface area contributed by atoms with Crippen molar-refractivity contribution in [3.8, 4) is 0 Å². The molecule has 0 bridgehead atoms. The SMILES string of the molecule is CCCCCCCCCCCCC(CC)C(C(=O)O)[N+](C)(C)C. The third-order valence-electron chi connectivity index (χ3n) is 4.99. The van der Waals surface area contributed by atoms with Crippen LogP contribution in [0.5, 0.6) is 0 Å². The minimum Gasteiger partial charge on any atom is -0.477 e. The van der Waals surface area contributed by atoms with Crippen molar-refractivity contribution in [1.82, 2.24) is 0 Å². The molecule has 0 fully saturated rings. The second-order valence-corrected chi connectivity index (χ2v) is 8.04. The summed E-state index contributed by atoms with van der Waals surface area (Å²) >= 11 is 0. The normalized spacial score (nSPS) is 14.7. The Hall–Kier alpha value is -0.570. The van der Waals surface area contributed by atoms with E-state index in [2.05, 4.69) is 13.8 Å². The van der Waals surface area contributed by atoms with Crippen LogP contribution in [0.25, 0.3) is 0 Å². The number of nitrogens with zero attached hydrogens (tertiary/aromatic N) is 1. The fourth-order valence-electron chi connectivity index (χ4n) is 3.64. The molecule has 23 heavy (non-hydrogen) atoms. The average molecular weight is 329 g/mol. The number of hydrogen-bond donors (Lipinski definition) is 1. The molecule has 2 unspecified atom stereocenters. The molecule has 138 valence electrons. The van der Waals surface area contributed by atoms with Gasteiger partial charge in [0.15, 0.2) is 6.04 Å². The standard InChI is InChI=1S/C20H41NO2/c1-6-8-9-10-11-12-13-14-15-16-17-18(7-2)19(20(22)23)21(3,4)5/h18-19H,6-17H2,1-5H3/p+1. The zero-order valence-electron chi connectivity index (χ0n) is 16.4. The Kier molecular flexibility index (Phi) is 12.5. The van der Waals surface area contributed by atoms with E-state index in [0.717, 1.165) is 12.8 Å². The molecule has 0 aliphatic rings. The molecule has 0 aliphatic carbocycles. The summed E-state index contributed by atoms with van der Waals surface area (Å²) in [5, 5.41) is 9.56. The van der Waals surface area contributed by atoms with E-state index in [1.165, 1.54) is 64.2 Å². The van der Waals surface area contributed by atoms with Gasteiger partial charge < -0.3 is 9.59 Å². The largest absolute Gasteiger partial charge is 0.477 e. The van der Waals surface area contributed by atoms with E-state index in [4.69, 9.17) is 0 Å². The van der Waals surface area contributed by atoms with Gasteiger partial charge in [-0.25, -0.2) is 4.79 Å². The first-order chi connectivity index (χ1) is 10.8. The zero-order valence-corrected chi connectivity index (χ0v) is 16.4. The molecule has 1 N–H and O–H groups in total. The first kappa shape index (κ1) is 22.4. The lowest BCUT2D eigenvalue weighted by Crippen LogP contribution is -2.53. The topological polar surface area (TPSA) is 37.3 Å². The van der Waals surface area contributed by atoms with Crippen molar-refractivity contribution in [3.05, 3.63) is 0 Å². The maximum Gasteiger partial charge on any atom is 0.362 e. The van der Waals surface area contributed by atoms with Crippen LogP contribution in [0.1, 0.15) is 90.9 Å². The van der Waals surface area contributed by atoms with Crippen molar-refractivity contribution in [2.75, 3.05) is 21.1 Å². The number of hydrogen-bond acceptors (Lipinski definition) is 1. The lowest BCUT2D eigenvalue weighted by atomic mass is 9.89. The molecule has 0 spiro atoms. The third kappa shape index (κ3) is 10.8. The quantitative estimate of drug-likeness (QED) is 0.319. The zero-order chi connectivity index (χ0) is 17.7. The number of aliphatic carboxylic acids is 1. The van der Waals surface area contributed by atoms with E-state index >= 15 is 0 Å². The number of quaternary nitrogens is 1. The smallest absolute Gasteiger partial charge is 0.362 e. The molecule has 0 amide bonds. The number of rotatable bonds is 15. The van der Waals surface area contributed by atoms with Crippen LogP contribution in [0.4, 0.5) is 0 Å². The summed E-state index contributed by atoms with van der Waals surface area (Å²) in [6.07, 6.45) is 15.4. The highest BCUT2D eigenvalue weighted by Crippen LogP contribution is 2.24. The second-order valence-electron chi connectivity index (χ2n) is 8.04. The number of carbonyl (C=O) groups is 1. The molecule has 0 heterocycles. The highest BCUT2D eigenvalue weighted by molar-refractivity contribution is 5.72. The molecule has 3 nitrogen and oxygen atoms in total. The first-order valence-corrected chi connectivity index (χ1v) is 9.88. The summed E-state index contributed by atoms with van der Waals surface area (Å²) < 4.78 is 0.519. The first-order valence-electron chi connectivity index (χ1n) is 9.88. The maximum atomic E-state index is 11.6. The van der Waals surface area contributed by atoms with E-state index in [1.54, 1.807) is 0 Å². The predicted molar refractivity (Wildman–Crippen MR) is 99.7 cm³/mol. The van der Waals surface area contributed by atoms with E-state index in [9.17, 15) is 9.90 Å². The van der Waals surface area contributed by atoms with Gasteiger partial charge in [-0.2, -0.15) is 0 Å². The predicted octanol–water partition coefficient (Wildman–Crippen LogP) is 5.48. The van der Waals surface area contributed by atoms with Crippen LogP contribution < -0.4 is 0 Å². The lowest BCUT2D eigenvalue weighted by Gasteiger charge is -2.36. The monoisotopic (exact) mass is 328 g/mol. The van der Waals surface area contributed by atoms with Gasteiger partial charge in [0.1, 0.15) is 0 Å². The number of likely N-dealkylation sites (N-methyl/N-ethyl adjacent to an activating group) is 1. The molecular weight excluding hydrogens is 286 g/mol. The van der Waals surface area contributed by atoms with Gasteiger partial charge in [-0.1, -0.05) is 78.1 Å². The second kappa shape index (κ2) is 12.8. The molecule has 0 rings (SSSR count). The minimum absolute atomic E-state index is 0.279. The Labute approximate surface area is 145 Å². The summed E-state index contributed by atoms with van der Waals surface area (Å²) in [7, 11) is 6.00. The Bertz CT molecular complexity index is 297. The van der Waals surface area contributed by atoms with E-state index in [0.29, 0.717) is 10.4 Å². The molecule has 0 radical (unpaired) electrons. The van der Waals surface area contributed by atoms with Gasteiger partial charge in [0.25, 0.3) is 0 Å². The summed E-state index contributed by atoms with van der Waals surface area (Å²) in [5.41, 5.74) is 0. The van der Waals surface area contributed by atoms with Gasteiger partial charge in [0.05, 0.1) is 21.1 Å². The number of unbranched alkanes of at least 4 members (excludes halogenated alkanes) is 9. The number of carboxylic acid groups (broad SMARTS) is 1. The van der Waals surface area contributed by atoms with Crippen molar-refractivity contribution in [1.29, 1.82) is 0 Å². The van der Waals surface area contributed by atoms with E-state index in [1.807, 2.05) is 21.1 Å². The fourth-order valence-corrected chi connectivity index (χ4v) is 3.64. The Morgan fingerprint density at radius 1 is 0.826 bits per heavy atom. The minimum atomic E-state index is -0.642. The summed E-state index contributed by atoms with van der Waals surface area (Å²) in [4.78, 5) is 11.6. The molecule has 0 aromatic heterocycles. The van der Waals surface area contributed by atoms with Crippen molar-refractivity contribution < 1.29 is 14.4 Å². The molecular formula is C20H42NO2+. The van der Waals surface area contributed by atoms with Crippen molar-refractivity contribution in [2.45, 2.75) is 96.9 Å². The van der Waals surface area contributed by atoms with Crippen LogP contribution in [0.2, 0.25) is 0 Å². The Balaban J connectivity index is 3.85. The molecule has 0 aromatic carbocycles. The van der Waals surface area contributed by atoms with Gasteiger partial charge in [0, 0.05) is 5.92 Å². The molecule has 2 atom stereocenters. The highest BCUT2D eigenvalue weighted by atomic mass is 16.4. The molecule has 3 heteroatoms. The summed E-state index contributed by atoms with van der Waals surface area (Å²) in [6, 6.07) is -0.279. The van der Waals surface area contributed by atoms with Crippen LogP contribution in [-0.2, 0) is 4.79 Å². The summed E-state index contributed by atoms with van der Waals surface area (Å²) in [6.45, 7) is 4.39. The van der Waals surface area contributed by atoms with Gasteiger partial charge in [0.2, 0.25) is 0 Å². The maximum absolute atomic E-state index is 11.6. The average Bonchev–Trinajstić information content (AvgIpc) is 2.45. The van der Waals surface area contributed by atoms with E-state index < -0.39 is 5.97 Å². The van der Waals surface area contributed by atoms with Crippen LogP contribution >= 0.6 is 0 Å². The van der Waals surface area contributed by atoms with Gasteiger partial charge in [-0.05, 0) is 12.8 Å². The molecule has 0 saturated heterocycles. The third-order valence-corrected chi connectivity index (χ3v) is 4.99. The van der Waals surface area contributed by atoms with Crippen LogP contribution in [0.3, 0.4) is 0 Å². The fraction of sp³-hybridized carbons (Fsp3) is 0.950. The molecule has 0 aliphatic heterocycles. The van der Waals surface area contributed by atoms with Crippen LogP contribution in [0, 0.1) is 5.92 Å². The molecule has 0 aromatic rings. The Morgan fingerprint density at radius 3 is 1.61 bits per heavy atom. The van der Waals surface area contributed by atoms with Crippen LogP contribution in [0.15, 0.2) is 0 Å².